The molecule has 10 heteroatoms. The lowest BCUT2D eigenvalue weighted by molar-refractivity contribution is -0.137. The van der Waals surface area contributed by atoms with E-state index in [0.717, 1.165) is 16.8 Å². The van der Waals surface area contributed by atoms with E-state index in [4.69, 9.17) is 4.74 Å². The molecule has 1 saturated heterocycles. The lowest BCUT2D eigenvalue weighted by Gasteiger charge is -2.24. The van der Waals surface area contributed by atoms with Gasteiger partial charge in [0.25, 0.3) is 0 Å². The molecule has 0 aromatic heterocycles. The number of urea groups is 1. The van der Waals surface area contributed by atoms with Crippen LogP contribution in [0, 0.1) is 5.82 Å². The fourth-order valence-electron chi connectivity index (χ4n) is 3.89. The molecule has 4 rings (SSSR count). The van der Waals surface area contributed by atoms with Crippen LogP contribution in [0.25, 0.3) is 10.8 Å². The highest BCUT2D eigenvalue weighted by Gasteiger charge is 2.46. The molecule has 0 spiro atoms. The van der Waals surface area contributed by atoms with Crippen molar-refractivity contribution >= 4 is 22.9 Å². The summed E-state index contributed by atoms with van der Waals surface area (Å²) in [6.07, 6.45) is -7.31. The second-order valence-corrected chi connectivity index (χ2v) is 7.66. The van der Waals surface area contributed by atoms with Crippen molar-refractivity contribution in [1.29, 1.82) is 0 Å². The quantitative estimate of drug-likeness (QED) is 0.299. The van der Waals surface area contributed by atoms with Crippen molar-refractivity contribution in [1.82, 2.24) is 9.96 Å². The van der Waals surface area contributed by atoms with Crippen LogP contribution in [-0.4, -0.2) is 33.3 Å². The van der Waals surface area contributed by atoms with Crippen LogP contribution >= 0.6 is 0 Å². The van der Waals surface area contributed by atoms with Gasteiger partial charge in [0.15, 0.2) is 0 Å². The van der Waals surface area contributed by atoms with Gasteiger partial charge in [-0.3, -0.25) is 5.21 Å². The number of nitrogens with zero attached hydrogens (tertiary/aromatic N) is 2. The number of imide groups is 1. The number of fused-ring (bicyclic) bond motifs is 1. The van der Waals surface area contributed by atoms with E-state index in [1.165, 1.54) is 6.92 Å². The van der Waals surface area contributed by atoms with Gasteiger partial charge in [0.05, 0.1) is 18.2 Å². The largest absolute Gasteiger partial charge is 0.439 e. The van der Waals surface area contributed by atoms with Gasteiger partial charge in [-0.15, -0.1) is 0 Å². The van der Waals surface area contributed by atoms with Gasteiger partial charge in [-0.2, -0.15) is 13.2 Å². The molecule has 0 unspecified atom stereocenters. The van der Waals surface area contributed by atoms with E-state index in [2.05, 4.69) is 0 Å². The number of hydrogen-bond donors (Lipinski definition) is 1. The molecule has 2 atom stereocenters. The summed E-state index contributed by atoms with van der Waals surface area (Å²) < 4.78 is 58.1. The van der Waals surface area contributed by atoms with Gasteiger partial charge in [-0.25, -0.2) is 23.9 Å². The van der Waals surface area contributed by atoms with Crippen LogP contribution in [0.4, 0.5) is 27.2 Å². The fourth-order valence-corrected chi connectivity index (χ4v) is 3.89. The fraction of sp³-hybridized carbons (Fsp3) is 0.217. The highest BCUT2D eigenvalue weighted by atomic mass is 19.4. The van der Waals surface area contributed by atoms with Crippen molar-refractivity contribution in [3.8, 4) is 0 Å². The summed E-state index contributed by atoms with van der Waals surface area (Å²) in [5.41, 5.74) is -0.886. The molecule has 0 saturated carbocycles. The predicted octanol–water partition coefficient (Wildman–Crippen LogP) is 5.89. The SMILES string of the molecule is C[C@H]1[C@@H](c2cc(F)cc(C(F)(F)F)c2)OC(=O)N1C(=O)N(O)Cc1cccc2ccccc12. The monoisotopic (exact) mass is 462 g/mol. The zero-order valence-electron chi connectivity index (χ0n) is 17.2. The predicted molar refractivity (Wildman–Crippen MR) is 109 cm³/mol. The minimum Gasteiger partial charge on any atom is -0.439 e. The Bertz CT molecular complexity index is 1230. The molecule has 1 N–H and O–H groups in total. The van der Waals surface area contributed by atoms with Crippen molar-refractivity contribution in [3.05, 3.63) is 83.2 Å². The molecule has 1 fully saturated rings. The molecule has 3 amide bonds. The number of benzene rings is 3. The van der Waals surface area contributed by atoms with Crippen LogP contribution in [-0.2, 0) is 17.5 Å². The van der Waals surface area contributed by atoms with E-state index < -0.39 is 41.8 Å². The Morgan fingerprint density at radius 2 is 1.82 bits per heavy atom. The molecule has 3 aromatic carbocycles. The van der Waals surface area contributed by atoms with Crippen LogP contribution in [0.3, 0.4) is 0 Å². The van der Waals surface area contributed by atoms with E-state index >= 15 is 0 Å². The summed E-state index contributed by atoms with van der Waals surface area (Å²) in [7, 11) is 0. The first-order valence-electron chi connectivity index (χ1n) is 9.91. The number of hydroxylamine groups is 2. The number of ether oxygens (including phenoxy) is 1. The third-order valence-corrected chi connectivity index (χ3v) is 5.47. The molecule has 6 nitrogen and oxygen atoms in total. The molecular formula is C23H18F4N2O4. The average Bonchev–Trinajstić information content (AvgIpc) is 3.06. The summed E-state index contributed by atoms with van der Waals surface area (Å²) >= 11 is 0. The standard InChI is InChI=1S/C23H18F4N2O4/c1-13-20(16-9-17(23(25,26)27)11-18(24)10-16)33-22(31)29(13)21(30)28(32)12-15-7-4-6-14-5-2-3-8-19(14)15/h2-11,13,20,32H,12H2,1H3/t13-,20-/m0/s1. The summed E-state index contributed by atoms with van der Waals surface area (Å²) in [5, 5.41) is 12.4. The van der Waals surface area contributed by atoms with Crippen molar-refractivity contribution in [2.24, 2.45) is 0 Å². The van der Waals surface area contributed by atoms with Crippen LogP contribution in [0.1, 0.15) is 29.7 Å². The number of alkyl halides is 3. The van der Waals surface area contributed by atoms with Crippen LogP contribution < -0.4 is 0 Å². The topological polar surface area (TPSA) is 70.1 Å². The van der Waals surface area contributed by atoms with Crippen molar-refractivity contribution < 1.29 is 37.1 Å². The van der Waals surface area contributed by atoms with Crippen LogP contribution in [0.2, 0.25) is 0 Å². The van der Waals surface area contributed by atoms with E-state index in [0.29, 0.717) is 27.7 Å². The zero-order chi connectivity index (χ0) is 23.9. The van der Waals surface area contributed by atoms with Crippen LogP contribution in [0.5, 0.6) is 0 Å². The minimum absolute atomic E-state index is 0.250. The highest BCUT2D eigenvalue weighted by molar-refractivity contribution is 5.93. The van der Waals surface area contributed by atoms with E-state index in [1.54, 1.807) is 18.2 Å². The number of amides is 3. The molecule has 0 radical (unpaired) electrons. The second-order valence-electron chi connectivity index (χ2n) is 7.66. The van der Waals surface area contributed by atoms with Gasteiger partial charge in [0.2, 0.25) is 0 Å². The van der Waals surface area contributed by atoms with Gasteiger partial charge < -0.3 is 4.74 Å². The molecule has 3 aromatic rings. The van der Waals surface area contributed by atoms with Gasteiger partial charge in [0, 0.05) is 0 Å². The molecule has 1 aliphatic heterocycles. The Balaban J connectivity index is 1.57. The average molecular weight is 462 g/mol. The third kappa shape index (κ3) is 4.34. The normalized spacial score (nSPS) is 18.5. The summed E-state index contributed by atoms with van der Waals surface area (Å²) in [5.74, 6) is -1.16. The molecule has 1 aliphatic rings. The maximum Gasteiger partial charge on any atom is 0.419 e. The summed E-state index contributed by atoms with van der Waals surface area (Å²) in [4.78, 5) is 25.8. The molecule has 1 heterocycles. The first-order valence-corrected chi connectivity index (χ1v) is 9.91. The number of rotatable bonds is 3. The van der Waals surface area contributed by atoms with Gasteiger partial charge >= 0.3 is 18.3 Å². The molecule has 0 bridgehead atoms. The van der Waals surface area contributed by atoms with E-state index in [9.17, 15) is 32.4 Å². The maximum atomic E-state index is 13.8. The van der Waals surface area contributed by atoms with Crippen molar-refractivity contribution in [2.45, 2.75) is 31.8 Å². The Morgan fingerprint density at radius 1 is 1.12 bits per heavy atom. The number of carbonyl (C=O) groups is 2. The van der Waals surface area contributed by atoms with Crippen molar-refractivity contribution in [3.63, 3.8) is 0 Å². The second kappa shape index (κ2) is 8.36. The number of cyclic esters (lactones) is 1. The first kappa shape index (κ1) is 22.5. The molecule has 33 heavy (non-hydrogen) atoms. The smallest absolute Gasteiger partial charge is 0.419 e. The highest BCUT2D eigenvalue weighted by Crippen LogP contribution is 2.37. The Kier molecular flexibility index (Phi) is 5.71. The van der Waals surface area contributed by atoms with Gasteiger partial charge in [-0.05, 0) is 47.0 Å². The lowest BCUT2D eigenvalue weighted by Crippen LogP contribution is -2.45. The lowest BCUT2D eigenvalue weighted by atomic mass is 10.0. The Morgan fingerprint density at radius 3 is 2.55 bits per heavy atom. The third-order valence-electron chi connectivity index (χ3n) is 5.47. The molecular weight excluding hydrogens is 444 g/mol. The number of hydrogen-bond acceptors (Lipinski definition) is 4. The van der Waals surface area contributed by atoms with Gasteiger partial charge in [-0.1, -0.05) is 42.5 Å². The van der Waals surface area contributed by atoms with Crippen molar-refractivity contribution in [2.75, 3.05) is 0 Å². The molecule has 0 aliphatic carbocycles. The molecule has 172 valence electrons. The number of halogens is 4. The zero-order valence-corrected chi connectivity index (χ0v) is 17.2. The first-order chi connectivity index (χ1) is 15.6. The Hall–Kier alpha value is -3.66. The summed E-state index contributed by atoms with van der Waals surface area (Å²) in [6, 6.07) is 12.2. The Labute approximate surface area is 185 Å². The van der Waals surface area contributed by atoms with Gasteiger partial charge in [0.1, 0.15) is 11.9 Å². The minimum atomic E-state index is -4.81. The van der Waals surface area contributed by atoms with E-state index in [1.807, 2.05) is 24.3 Å². The van der Waals surface area contributed by atoms with Crippen LogP contribution in [0.15, 0.2) is 60.7 Å². The maximum absolute atomic E-state index is 13.8. The van der Waals surface area contributed by atoms with E-state index in [-0.39, 0.29) is 12.1 Å². The number of carbonyl (C=O) groups excluding carboxylic acids is 2. The summed E-state index contributed by atoms with van der Waals surface area (Å²) in [6.45, 7) is 1.11.